The topological polar surface area (TPSA) is 20.3 Å². The van der Waals surface area contributed by atoms with Crippen molar-refractivity contribution >= 4 is 5.78 Å². The first-order chi connectivity index (χ1) is 8.27. The molecule has 3 rings (SSSR count). The highest BCUT2D eigenvalue weighted by Gasteiger charge is 2.49. The molecular weight excluding hydrogens is 210 g/mol. The monoisotopic (exact) mass is 229 g/mol. The van der Waals surface area contributed by atoms with Gasteiger partial charge < -0.3 is 0 Å². The van der Waals surface area contributed by atoms with E-state index in [4.69, 9.17) is 0 Å². The summed E-state index contributed by atoms with van der Waals surface area (Å²) in [5, 5.41) is 0. The predicted octanol–water partition coefficient (Wildman–Crippen LogP) is 2.45. The van der Waals surface area contributed by atoms with Crippen molar-refractivity contribution in [1.29, 1.82) is 0 Å². The molecule has 0 N–H and O–H groups in total. The SMILES string of the molecule is CC1C(=O)C1N1CCC(c2ccccc2)CC1. The third-order valence-electron chi connectivity index (χ3n) is 4.30. The van der Waals surface area contributed by atoms with Crippen LogP contribution in [-0.4, -0.2) is 29.8 Å². The Hall–Kier alpha value is -1.15. The molecule has 1 heterocycles. The highest BCUT2D eigenvalue weighted by molar-refractivity contribution is 6.02. The van der Waals surface area contributed by atoms with E-state index in [1.165, 1.54) is 18.4 Å². The second-order valence-corrected chi connectivity index (χ2v) is 5.36. The molecular formula is C15H19NO. The maximum Gasteiger partial charge on any atom is 0.155 e. The summed E-state index contributed by atoms with van der Waals surface area (Å²) in [5.74, 6) is 1.43. The first-order valence-electron chi connectivity index (χ1n) is 6.60. The molecule has 0 spiro atoms. The Balaban J connectivity index is 1.60. The Morgan fingerprint density at radius 1 is 1.12 bits per heavy atom. The quantitative estimate of drug-likeness (QED) is 0.776. The lowest BCUT2D eigenvalue weighted by atomic mass is 9.89. The first-order valence-corrected chi connectivity index (χ1v) is 6.60. The first kappa shape index (κ1) is 11.0. The molecule has 2 fully saturated rings. The minimum atomic E-state index is 0.256. The number of hydrogen-bond donors (Lipinski definition) is 0. The summed E-state index contributed by atoms with van der Waals surface area (Å²) in [5.41, 5.74) is 1.46. The van der Waals surface area contributed by atoms with Gasteiger partial charge in [0, 0.05) is 5.92 Å². The van der Waals surface area contributed by atoms with Gasteiger partial charge in [-0.1, -0.05) is 37.3 Å². The van der Waals surface area contributed by atoms with Crippen LogP contribution in [0, 0.1) is 5.92 Å². The van der Waals surface area contributed by atoms with Crippen LogP contribution in [0.4, 0.5) is 0 Å². The zero-order valence-electron chi connectivity index (χ0n) is 10.3. The molecule has 1 saturated heterocycles. The van der Waals surface area contributed by atoms with Crippen LogP contribution in [-0.2, 0) is 4.79 Å². The molecule has 2 unspecified atom stereocenters. The van der Waals surface area contributed by atoms with E-state index in [0.717, 1.165) is 13.1 Å². The van der Waals surface area contributed by atoms with Crippen LogP contribution < -0.4 is 0 Å². The number of rotatable bonds is 2. The number of carbonyl (C=O) groups excluding carboxylic acids is 1. The summed E-state index contributed by atoms with van der Waals surface area (Å²) in [6.07, 6.45) is 2.39. The summed E-state index contributed by atoms with van der Waals surface area (Å²) < 4.78 is 0. The number of piperidine rings is 1. The number of likely N-dealkylation sites (tertiary alicyclic amines) is 1. The molecule has 1 saturated carbocycles. The number of hydrogen-bond acceptors (Lipinski definition) is 2. The van der Waals surface area contributed by atoms with Crippen LogP contribution in [0.25, 0.3) is 0 Å². The Bertz CT molecular complexity index is 406. The lowest BCUT2D eigenvalue weighted by Crippen LogP contribution is -2.36. The highest BCUT2D eigenvalue weighted by atomic mass is 16.1. The molecule has 1 aliphatic carbocycles. The Morgan fingerprint density at radius 2 is 1.71 bits per heavy atom. The van der Waals surface area contributed by atoms with Gasteiger partial charge >= 0.3 is 0 Å². The molecule has 2 aliphatic rings. The van der Waals surface area contributed by atoms with Crippen molar-refractivity contribution in [2.75, 3.05) is 13.1 Å². The normalized spacial score (nSPS) is 30.5. The molecule has 0 amide bonds. The lowest BCUT2D eigenvalue weighted by molar-refractivity contribution is -0.112. The molecule has 90 valence electrons. The molecule has 2 heteroatoms. The van der Waals surface area contributed by atoms with Gasteiger partial charge in [0.25, 0.3) is 0 Å². The van der Waals surface area contributed by atoms with Gasteiger partial charge in [-0.2, -0.15) is 0 Å². The molecule has 2 nitrogen and oxygen atoms in total. The summed E-state index contributed by atoms with van der Waals surface area (Å²) in [7, 11) is 0. The van der Waals surface area contributed by atoms with Gasteiger partial charge in [0.05, 0.1) is 6.04 Å². The molecule has 0 bridgehead atoms. The number of nitrogens with zero attached hydrogens (tertiary/aromatic N) is 1. The molecule has 0 radical (unpaired) electrons. The third kappa shape index (κ3) is 2.02. The summed E-state index contributed by atoms with van der Waals surface area (Å²) in [4.78, 5) is 13.8. The van der Waals surface area contributed by atoms with Gasteiger partial charge in [0.15, 0.2) is 5.78 Å². The van der Waals surface area contributed by atoms with E-state index in [9.17, 15) is 4.79 Å². The van der Waals surface area contributed by atoms with Gasteiger partial charge in [0.2, 0.25) is 0 Å². The van der Waals surface area contributed by atoms with Crippen molar-refractivity contribution in [2.45, 2.75) is 31.7 Å². The number of Topliss-reactive ketones (excluding diaryl/α,β-unsaturated/α-hetero) is 1. The molecule has 1 aliphatic heterocycles. The van der Waals surface area contributed by atoms with Gasteiger partial charge in [-0.05, 0) is 37.4 Å². The van der Waals surface area contributed by atoms with Crippen molar-refractivity contribution in [2.24, 2.45) is 5.92 Å². The van der Waals surface area contributed by atoms with Gasteiger partial charge in [0.1, 0.15) is 0 Å². The number of benzene rings is 1. The van der Waals surface area contributed by atoms with Crippen molar-refractivity contribution in [3.05, 3.63) is 35.9 Å². The zero-order valence-corrected chi connectivity index (χ0v) is 10.3. The van der Waals surface area contributed by atoms with Gasteiger partial charge in [-0.15, -0.1) is 0 Å². The fourth-order valence-corrected chi connectivity index (χ4v) is 3.08. The summed E-state index contributed by atoms with van der Waals surface area (Å²) >= 11 is 0. The van der Waals surface area contributed by atoms with Crippen molar-refractivity contribution < 1.29 is 4.79 Å². The average molecular weight is 229 g/mol. The molecule has 1 aromatic carbocycles. The summed E-state index contributed by atoms with van der Waals surface area (Å²) in [6.45, 7) is 4.22. The van der Waals surface area contributed by atoms with Crippen LogP contribution in [0.1, 0.15) is 31.2 Å². The minimum Gasteiger partial charge on any atom is -0.298 e. The maximum absolute atomic E-state index is 11.4. The van der Waals surface area contributed by atoms with E-state index in [1.807, 2.05) is 0 Å². The number of ketones is 1. The Labute approximate surface area is 103 Å². The van der Waals surface area contributed by atoms with E-state index < -0.39 is 0 Å². The third-order valence-corrected chi connectivity index (χ3v) is 4.30. The summed E-state index contributed by atoms with van der Waals surface area (Å²) in [6, 6.07) is 11.0. The van der Waals surface area contributed by atoms with Crippen LogP contribution in [0.5, 0.6) is 0 Å². The Kier molecular flexibility index (Phi) is 2.75. The van der Waals surface area contributed by atoms with Crippen molar-refractivity contribution in [3.8, 4) is 0 Å². The molecule has 1 aromatic rings. The average Bonchev–Trinajstić information content (AvgIpc) is 2.99. The van der Waals surface area contributed by atoms with Crippen molar-refractivity contribution in [1.82, 2.24) is 4.90 Å². The standard InChI is InChI=1S/C15H19NO/c1-11-14(15(11)17)16-9-7-13(8-10-16)12-5-3-2-4-6-12/h2-6,11,13-14H,7-10H2,1H3. The van der Waals surface area contributed by atoms with Crippen LogP contribution >= 0.6 is 0 Å². The maximum atomic E-state index is 11.4. The number of carbonyl (C=O) groups is 1. The molecule has 0 aromatic heterocycles. The van der Waals surface area contributed by atoms with E-state index in [2.05, 4.69) is 42.2 Å². The second-order valence-electron chi connectivity index (χ2n) is 5.36. The van der Waals surface area contributed by atoms with Gasteiger partial charge in [-0.25, -0.2) is 0 Å². The van der Waals surface area contributed by atoms with Crippen molar-refractivity contribution in [3.63, 3.8) is 0 Å². The molecule has 2 atom stereocenters. The van der Waals surface area contributed by atoms with E-state index in [1.54, 1.807) is 0 Å². The second kappa shape index (κ2) is 4.26. The zero-order chi connectivity index (χ0) is 11.8. The largest absolute Gasteiger partial charge is 0.298 e. The van der Waals surface area contributed by atoms with E-state index in [-0.39, 0.29) is 6.04 Å². The highest BCUT2D eigenvalue weighted by Crippen LogP contribution is 2.35. The lowest BCUT2D eigenvalue weighted by Gasteiger charge is -2.31. The van der Waals surface area contributed by atoms with Gasteiger partial charge in [-0.3, -0.25) is 9.69 Å². The molecule has 17 heavy (non-hydrogen) atoms. The van der Waals surface area contributed by atoms with E-state index in [0.29, 0.717) is 17.6 Å². The predicted molar refractivity (Wildman–Crippen MR) is 67.9 cm³/mol. The smallest absolute Gasteiger partial charge is 0.155 e. The fraction of sp³-hybridized carbons (Fsp3) is 0.533. The van der Waals surface area contributed by atoms with Crippen LogP contribution in [0.3, 0.4) is 0 Å². The van der Waals surface area contributed by atoms with Crippen LogP contribution in [0.15, 0.2) is 30.3 Å². The minimum absolute atomic E-state index is 0.256. The fourth-order valence-electron chi connectivity index (χ4n) is 3.08. The Morgan fingerprint density at radius 3 is 2.24 bits per heavy atom. The van der Waals surface area contributed by atoms with E-state index >= 15 is 0 Å². The van der Waals surface area contributed by atoms with Crippen LogP contribution in [0.2, 0.25) is 0 Å².